The quantitative estimate of drug-likeness (QED) is 0.0345. The number of benzene rings is 4. The zero-order valence-electron chi connectivity index (χ0n) is 65.8. The lowest BCUT2D eigenvalue weighted by molar-refractivity contribution is -0.0219. The van der Waals surface area contributed by atoms with E-state index < -0.39 is 6.09 Å². The van der Waals surface area contributed by atoms with Crippen molar-refractivity contribution in [3.05, 3.63) is 193 Å². The Hall–Kier alpha value is -11.2. The lowest BCUT2D eigenvalue weighted by atomic mass is 10.2. The van der Waals surface area contributed by atoms with Crippen LogP contribution in [-0.4, -0.2) is 239 Å². The first kappa shape index (κ1) is 79.4. The van der Waals surface area contributed by atoms with Crippen molar-refractivity contribution in [2.45, 2.75) is 90.9 Å². The molecule has 3 amide bonds. The van der Waals surface area contributed by atoms with Gasteiger partial charge in [0.25, 0.3) is 0 Å². The molecule has 17 rings (SSSR count). The van der Waals surface area contributed by atoms with Gasteiger partial charge in [-0.05, 0) is 127 Å². The van der Waals surface area contributed by atoms with Gasteiger partial charge in [0.1, 0.15) is 0 Å². The molecule has 598 valence electrons. The fourth-order valence-electron chi connectivity index (χ4n) is 14.2. The smallest absolute Gasteiger partial charge is 0.407 e. The number of alkyl carbamates (subject to hydrolysis) is 1. The van der Waals surface area contributed by atoms with Crippen molar-refractivity contribution < 1.29 is 38.0 Å². The van der Waals surface area contributed by atoms with E-state index in [2.05, 4.69) is 186 Å². The van der Waals surface area contributed by atoms with Crippen LogP contribution in [0.5, 0.6) is 0 Å². The number of urea groups is 1. The van der Waals surface area contributed by atoms with Crippen molar-refractivity contribution in [1.29, 1.82) is 0 Å². The summed E-state index contributed by atoms with van der Waals surface area (Å²) >= 11 is 0. The molecule has 12 aromatic rings. The van der Waals surface area contributed by atoms with Crippen molar-refractivity contribution in [1.82, 2.24) is 80.3 Å². The Kier molecular flexibility index (Phi) is 26.5. The van der Waals surface area contributed by atoms with Gasteiger partial charge < -0.3 is 80.8 Å². The van der Waals surface area contributed by atoms with Crippen LogP contribution in [0.3, 0.4) is 0 Å². The van der Waals surface area contributed by atoms with Crippen molar-refractivity contribution in [3.63, 3.8) is 0 Å². The fraction of sp³-hybridized carbons (Fsp3) is 0.405. The van der Waals surface area contributed by atoms with Crippen molar-refractivity contribution in [3.8, 4) is 22.7 Å². The molecule has 4 atom stereocenters. The first-order valence-corrected chi connectivity index (χ1v) is 39.4. The second-order valence-electron chi connectivity index (χ2n) is 29.4. The standard InChI is InChI=1S/C22H26N6O2.C22H27N5O3.C20H26N6O.C20H25N5O2/c1-15-2-6-17(7-3-15)28-20-13-23-9-8-19(20)21(26-28)27-10-11-30-18(14-27)12-24-22(29)25-16-4-5-16;1-15(2)30-22(28)24-12-18-14-26(10-11-29-18)21-19-8-9-23-13-20(19)27(25-21)17-6-4-16(3)5-7-17;1-15-2-4-16(5-3-15)26-19-13-22-8-6-18(19)20(24-26)25-10-11-27-17(14-25)12-23-9-7-21;1-15-2-4-16(5-3-15)25-19-12-22-8-6-18(19)20(23-25)24-9-11-27-17(13-24)14-26-10-7-21/h2-3,6-9,13,16,18H,4-5,10-12,14H2,1H3,(H2,24,25,29);4-9,13,15,18H,10-12,14H2,1-3H3,(H,24,28);2-6,8,13,17,23H,7,9-12,14,21H2,1H3;2-6,8,12,17H,7,9-11,13-14,21H2,1H3. The van der Waals surface area contributed by atoms with Crippen molar-refractivity contribution in [2.24, 2.45) is 11.5 Å². The van der Waals surface area contributed by atoms with Crippen LogP contribution in [0, 0.1) is 27.7 Å². The average Bonchev–Trinajstić information content (AvgIpc) is 1.65. The molecule has 0 bridgehead atoms. The predicted molar refractivity (Wildman–Crippen MR) is 443 cm³/mol. The monoisotopic (exact) mass is 1550 g/mol. The van der Waals surface area contributed by atoms with Gasteiger partial charge in [-0.25, -0.2) is 28.3 Å². The Morgan fingerprint density at radius 1 is 0.447 bits per heavy atom. The normalized spacial score (nSPS) is 17.8. The summed E-state index contributed by atoms with van der Waals surface area (Å²) in [5, 5.41) is 36.0. The number of nitrogens with one attached hydrogen (secondary N) is 4. The van der Waals surface area contributed by atoms with Gasteiger partial charge in [-0.3, -0.25) is 19.9 Å². The number of fused-ring (bicyclic) bond motifs is 4. The van der Waals surface area contributed by atoms with Gasteiger partial charge in [0.15, 0.2) is 23.3 Å². The number of pyridine rings is 4. The van der Waals surface area contributed by atoms with E-state index >= 15 is 0 Å². The molecule has 4 aromatic carbocycles. The molecular formula is C84H104N22O8. The van der Waals surface area contributed by atoms with Crippen LogP contribution in [0.15, 0.2) is 171 Å². The van der Waals surface area contributed by atoms with E-state index in [0.717, 1.165) is 155 Å². The Morgan fingerprint density at radius 3 is 1.11 bits per heavy atom. The minimum Gasteiger partial charge on any atom is -0.447 e. The van der Waals surface area contributed by atoms with E-state index in [1.54, 1.807) is 12.4 Å². The minimum absolute atomic E-state index is 0.0201. The maximum absolute atomic E-state index is 11.9. The van der Waals surface area contributed by atoms with Gasteiger partial charge in [-0.15, -0.1) is 20.4 Å². The molecule has 1 saturated carbocycles. The molecule has 12 heterocycles. The van der Waals surface area contributed by atoms with E-state index in [9.17, 15) is 9.59 Å². The van der Waals surface area contributed by atoms with E-state index in [0.29, 0.717) is 85.0 Å². The second-order valence-corrected chi connectivity index (χ2v) is 29.4. The number of hydrogen-bond acceptors (Lipinski definition) is 23. The number of ether oxygens (including phenoxy) is 6. The van der Waals surface area contributed by atoms with E-state index in [4.69, 9.17) is 60.3 Å². The predicted octanol–water partition coefficient (Wildman–Crippen LogP) is 8.86. The zero-order valence-corrected chi connectivity index (χ0v) is 65.8. The number of hydrogen-bond donors (Lipinski definition) is 6. The Bertz CT molecular complexity index is 4800. The van der Waals surface area contributed by atoms with Gasteiger partial charge in [-0.2, -0.15) is 0 Å². The minimum atomic E-state index is -0.425. The Morgan fingerprint density at radius 2 is 0.781 bits per heavy atom. The molecule has 0 spiro atoms. The van der Waals surface area contributed by atoms with Gasteiger partial charge in [0.05, 0.1) is 140 Å². The summed E-state index contributed by atoms with van der Waals surface area (Å²) in [4.78, 5) is 50.0. The number of nitrogens with two attached hydrogens (primary N) is 2. The molecular weight excluding hydrogens is 1450 g/mol. The Labute approximate surface area is 663 Å². The molecule has 30 nitrogen and oxygen atoms in total. The molecule has 5 aliphatic rings. The van der Waals surface area contributed by atoms with Crippen molar-refractivity contribution >= 4 is 79.0 Å². The van der Waals surface area contributed by atoms with Crippen LogP contribution in [0.1, 0.15) is 48.9 Å². The molecule has 1 aliphatic carbocycles. The number of aryl methyl sites for hydroxylation is 4. The highest BCUT2D eigenvalue weighted by Gasteiger charge is 2.31. The number of carbonyl (C=O) groups is 2. The third-order valence-electron chi connectivity index (χ3n) is 20.2. The zero-order chi connectivity index (χ0) is 78.9. The van der Waals surface area contributed by atoms with Gasteiger partial charge in [-0.1, -0.05) is 70.8 Å². The number of morpholine rings is 4. The van der Waals surface area contributed by atoms with Gasteiger partial charge in [0, 0.05) is 144 Å². The van der Waals surface area contributed by atoms with E-state index in [1.165, 1.54) is 22.3 Å². The molecule has 114 heavy (non-hydrogen) atoms. The highest BCUT2D eigenvalue weighted by atomic mass is 16.6. The third kappa shape index (κ3) is 20.0. The van der Waals surface area contributed by atoms with Crippen LogP contribution < -0.4 is 52.3 Å². The molecule has 8 N–H and O–H groups in total. The summed E-state index contributed by atoms with van der Waals surface area (Å²) in [6.07, 6.45) is 16.2. The maximum Gasteiger partial charge on any atom is 0.407 e. The lowest BCUT2D eigenvalue weighted by Gasteiger charge is -2.33. The van der Waals surface area contributed by atoms with Crippen LogP contribution in [0.25, 0.3) is 66.4 Å². The molecule has 5 fully saturated rings. The number of carbonyl (C=O) groups excluding carboxylic acids is 2. The third-order valence-corrected chi connectivity index (χ3v) is 20.2. The number of rotatable bonds is 22. The topological polar surface area (TPSA) is 325 Å². The van der Waals surface area contributed by atoms with Gasteiger partial charge in [0.2, 0.25) is 0 Å². The van der Waals surface area contributed by atoms with Crippen LogP contribution >= 0.6 is 0 Å². The average molecular weight is 1550 g/mol. The summed E-state index contributed by atoms with van der Waals surface area (Å²) in [6, 6.07) is 41.6. The number of nitrogens with zero attached hydrogens (tertiary/aromatic N) is 16. The summed E-state index contributed by atoms with van der Waals surface area (Å²) in [5.41, 5.74) is 23.9. The number of anilines is 4. The fourth-order valence-corrected chi connectivity index (χ4v) is 14.2. The highest BCUT2D eigenvalue weighted by molar-refractivity contribution is 5.94. The van der Waals surface area contributed by atoms with E-state index in [1.807, 2.05) is 94.0 Å². The summed E-state index contributed by atoms with van der Waals surface area (Å²) in [7, 11) is 0. The summed E-state index contributed by atoms with van der Waals surface area (Å²) in [6.45, 7) is 25.2. The Balaban J connectivity index is 0.000000126. The largest absolute Gasteiger partial charge is 0.447 e. The number of aromatic nitrogens is 12. The first-order chi connectivity index (χ1) is 55.7. The number of amides is 3. The SMILES string of the molecule is Cc1ccc(-n2nc(N3CCOC(CNC(=O)NC4CC4)C3)c3ccncc32)cc1.Cc1ccc(-n2nc(N3CCOC(CNC(=O)OC(C)C)C3)c3ccncc32)cc1.Cc1ccc(-n2nc(N3CCOC(CNCCN)C3)c3ccncc32)cc1.Cc1ccc(-n2nc(N3CCOC(COCCN)C3)c3ccncc32)cc1. The van der Waals surface area contributed by atoms with Gasteiger partial charge >= 0.3 is 12.1 Å². The van der Waals surface area contributed by atoms with Crippen LogP contribution in [0.2, 0.25) is 0 Å². The summed E-state index contributed by atoms with van der Waals surface area (Å²) in [5.74, 6) is 3.76. The molecule has 30 heteroatoms. The lowest BCUT2D eigenvalue weighted by Crippen LogP contribution is -2.49. The first-order valence-electron chi connectivity index (χ1n) is 39.4. The molecule has 4 aliphatic heterocycles. The van der Waals surface area contributed by atoms with Crippen LogP contribution in [-0.2, 0) is 28.4 Å². The molecule has 0 radical (unpaired) electrons. The highest BCUT2D eigenvalue weighted by Crippen LogP contribution is 2.34. The maximum atomic E-state index is 11.9. The van der Waals surface area contributed by atoms with E-state index in [-0.39, 0.29) is 36.6 Å². The molecule has 8 aromatic heterocycles. The molecule has 4 unspecified atom stereocenters. The summed E-state index contributed by atoms with van der Waals surface area (Å²) < 4.78 is 42.0. The second kappa shape index (κ2) is 38.1. The molecule has 4 saturated heterocycles. The van der Waals surface area contributed by atoms with Crippen molar-refractivity contribution in [2.75, 3.05) is 151 Å². The van der Waals surface area contributed by atoms with Crippen LogP contribution in [0.4, 0.5) is 32.9 Å².